The van der Waals surface area contributed by atoms with Crippen molar-refractivity contribution in [3.8, 4) is 0 Å². The molecule has 2 rings (SSSR count). The summed E-state index contributed by atoms with van der Waals surface area (Å²) >= 11 is 1.61. The highest BCUT2D eigenvalue weighted by Crippen LogP contribution is 2.26. The monoisotopic (exact) mass is 270 g/mol. The molecule has 0 radical (unpaired) electrons. The summed E-state index contributed by atoms with van der Waals surface area (Å²) in [5.74, 6) is 0.125. The van der Waals surface area contributed by atoms with Crippen molar-refractivity contribution in [2.45, 2.75) is 25.7 Å². The molecule has 0 bridgehead atoms. The summed E-state index contributed by atoms with van der Waals surface area (Å²) in [5, 5.41) is 0. The molecule has 0 unspecified atom stereocenters. The van der Waals surface area contributed by atoms with Gasteiger partial charge in [0.2, 0.25) is 0 Å². The van der Waals surface area contributed by atoms with Crippen molar-refractivity contribution in [3.63, 3.8) is 0 Å². The van der Waals surface area contributed by atoms with Crippen LogP contribution in [-0.2, 0) is 0 Å². The van der Waals surface area contributed by atoms with Gasteiger partial charge >= 0.3 is 0 Å². The molecule has 2 aromatic rings. The summed E-state index contributed by atoms with van der Waals surface area (Å²) in [4.78, 5) is 13.8. The third-order valence-corrected chi connectivity index (χ3v) is 4.05. The van der Waals surface area contributed by atoms with Crippen LogP contribution in [0.25, 0.3) is 0 Å². The first-order chi connectivity index (χ1) is 9.04. The zero-order chi connectivity index (χ0) is 14.0. The molecule has 1 nitrogen and oxygen atoms in total. The van der Waals surface area contributed by atoms with E-state index >= 15 is 0 Å². The molecule has 19 heavy (non-hydrogen) atoms. The first-order valence-electron chi connectivity index (χ1n) is 6.30. The fourth-order valence-electron chi connectivity index (χ4n) is 2.51. The van der Waals surface area contributed by atoms with Gasteiger partial charge in [0.1, 0.15) is 0 Å². The number of hydrogen-bond donors (Lipinski definition) is 0. The number of aryl methyl sites for hydroxylation is 3. The first kappa shape index (κ1) is 13.9. The third kappa shape index (κ3) is 2.74. The highest BCUT2D eigenvalue weighted by atomic mass is 32.2. The van der Waals surface area contributed by atoms with Crippen LogP contribution >= 0.6 is 11.8 Å². The Hall–Kier alpha value is -1.54. The van der Waals surface area contributed by atoms with Crippen LogP contribution in [0, 0.1) is 20.8 Å². The van der Waals surface area contributed by atoms with Crippen LogP contribution in [0.2, 0.25) is 0 Å². The van der Waals surface area contributed by atoms with E-state index in [1.54, 1.807) is 11.8 Å². The Morgan fingerprint density at radius 3 is 2.16 bits per heavy atom. The largest absolute Gasteiger partial charge is 0.289 e. The van der Waals surface area contributed by atoms with E-state index in [0.29, 0.717) is 0 Å². The number of hydrogen-bond acceptors (Lipinski definition) is 2. The number of carbonyl (C=O) groups is 1. The maximum absolute atomic E-state index is 12.8. The molecule has 0 aromatic heterocycles. The van der Waals surface area contributed by atoms with E-state index in [2.05, 4.69) is 19.1 Å². The van der Waals surface area contributed by atoms with Gasteiger partial charge in [-0.15, -0.1) is 11.8 Å². The van der Waals surface area contributed by atoms with Crippen LogP contribution in [0.15, 0.2) is 41.3 Å². The highest BCUT2D eigenvalue weighted by Gasteiger charge is 2.17. The van der Waals surface area contributed by atoms with Crippen LogP contribution in [0.4, 0.5) is 0 Å². The Morgan fingerprint density at radius 1 is 1.00 bits per heavy atom. The van der Waals surface area contributed by atoms with Gasteiger partial charge in [0, 0.05) is 16.0 Å². The number of thioether (sulfide) groups is 1. The standard InChI is InChI=1S/C17H18OS/c1-11-9-12(2)16(13(3)10-11)17(18)14-7-5-6-8-15(14)19-4/h5-10H,1-4H3. The van der Waals surface area contributed by atoms with Crippen molar-refractivity contribution in [3.05, 3.63) is 64.2 Å². The van der Waals surface area contributed by atoms with Crippen LogP contribution < -0.4 is 0 Å². The molecule has 0 atom stereocenters. The smallest absolute Gasteiger partial charge is 0.194 e. The quantitative estimate of drug-likeness (QED) is 0.600. The summed E-state index contributed by atoms with van der Waals surface area (Å²) in [7, 11) is 0. The molecule has 0 saturated heterocycles. The minimum atomic E-state index is 0.125. The molecule has 2 heteroatoms. The molecule has 0 aliphatic carbocycles. The van der Waals surface area contributed by atoms with E-state index in [9.17, 15) is 4.79 Å². The minimum Gasteiger partial charge on any atom is -0.289 e. The normalized spacial score (nSPS) is 10.5. The first-order valence-corrected chi connectivity index (χ1v) is 7.52. The summed E-state index contributed by atoms with van der Waals surface area (Å²) in [5.41, 5.74) is 4.94. The Bertz CT molecular complexity index is 606. The molecule has 0 saturated carbocycles. The Labute approximate surface area is 119 Å². The molecule has 0 fully saturated rings. The van der Waals surface area contributed by atoms with Crippen LogP contribution in [0.5, 0.6) is 0 Å². The molecule has 2 aromatic carbocycles. The molecule has 0 amide bonds. The SMILES string of the molecule is CSc1ccccc1C(=O)c1c(C)cc(C)cc1C. The predicted octanol–water partition coefficient (Wildman–Crippen LogP) is 4.56. The van der Waals surface area contributed by atoms with Gasteiger partial charge in [-0.25, -0.2) is 0 Å². The van der Waals surface area contributed by atoms with Gasteiger partial charge in [0.15, 0.2) is 5.78 Å². The number of benzene rings is 2. The number of carbonyl (C=O) groups excluding carboxylic acids is 1. The molecule has 0 heterocycles. The Kier molecular flexibility index (Phi) is 4.11. The zero-order valence-corrected chi connectivity index (χ0v) is 12.6. The predicted molar refractivity (Wildman–Crippen MR) is 82.3 cm³/mol. The van der Waals surface area contributed by atoms with Gasteiger partial charge < -0.3 is 0 Å². The lowest BCUT2D eigenvalue weighted by Crippen LogP contribution is -2.08. The average molecular weight is 270 g/mol. The van der Waals surface area contributed by atoms with E-state index in [1.165, 1.54) is 5.56 Å². The van der Waals surface area contributed by atoms with E-state index in [0.717, 1.165) is 27.1 Å². The molecule has 0 aliphatic heterocycles. The fraction of sp³-hybridized carbons (Fsp3) is 0.235. The lowest BCUT2D eigenvalue weighted by Gasteiger charge is -2.12. The molecule has 0 aliphatic rings. The van der Waals surface area contributed by atoms with E-state index in [1.807, 2.05) is 44.4 Å². The Balaban J connectivity index is 2.57. The second-order valence-electron chi connectivity index (χ2n) is 4.80. The van der Waals surface area contributed by atoms with Gasteiger partial charge in [-0.05, 0) is 50.3 Å². The molecular formula is C17H18OS. The minimum absolute atomic E-state index is 0.125. The summed E-state index contributed by atoms with van der Waals surface area (Å²) in [6, 6.07) is 11.9. The second kappa shape index (κ2) is 5.62. The van der Waals surface area contributed by atoms with Crippen molar-refractivity contribution in [1.29, 1.82) is 0 Å². The van der Waals surface area contributed by atoms with Gasteiger partial charge in [-0.1, -0.05) is 29.8 Å². The van der Waals surface area contributed by atoms with Crippen molar-refractivity contribution < 1.29 is 4.79 Å². The lowest BCUT2D eigenvalue weighted by molar-refractivity contribution is 0.103. The van der Waals surface area contributed by atoms with Crippen molar-refractivity contribution in [2.75, 3.05) is 6.26 Å². The summed E-state index contributed by atoms with van der Waals surface area (Å²) in [6.45, 7) is 6.08. The van der Waals surface area contributed by atoms with Gasteiger partial charge in [0.25, 0.3) is 0 Å². The Morgan fingerprint density at radius 2 is 1.58 bits per heavy atom. The second-order valence-corrected chi connectivity index (χ2v) is 5.65. The summed E-state index contributed by atoms with van der Waals surface area (Å²) in [6.07, 6.45) is 2.00. The highest BCUT2D eigenvalue weighted by molar-refractivity contribution is 7.98. The van der Waals surface area contributed by atoms with Crippen LogP contribution in [0.1, 0.15) is 32.6 Å². The maximum Gasteiger partial charge on any atom is 0.194 e. The van der Waals surface area contributed by atoms with Crippen LogP contribution in [-0.4, -0.2) is 12.0 Å². The van der Waals surface area contributed by atoms with E-state index < -0.39 is 0 Å². The van der Waals surface area contributed by atoms with Gasteiger partial charge in [-0.3, -0.25) is 4.79 Å². The van der Waals surface area contributed by atoms with E-state index in [4.69, 9.17) is 0 Å². The molecule has 0 spiro atoms. The maximum atomic E-state index is 12.8. The van der Waals surface area contributed by atoms with Gasteiger partial charge in [-0.2, -0.15) is 0 Å². The van der Waals surface area contributed by atoms with Crippen molar-refractivity contribution in [2.24, 2.45) is 0 Å². The van der Waals surface area contributed by atoms with Crippen LogP contribution in [0.3, 0.4) is 0 Å². The number of ketones is 1. The lowest BCUT2D eigenvalue weighted by atomic mass is 9.93. The number of rotatable bonds is 3. The van der Waals surface area contributed by atoms with Crippen molar-refractivity contribution >= 4 is 17.5 Å². The van der Waals surface area contributed by atoms with E-state index in [-0.39, 0.29) is 5.78 Å². The van der Waals surface area contributed by atoms with Crippen molar-refractivity contribution in [1.82, 2.24) is 0 Å². The van der Waals surface area contributed by atoms with Gasteiger partial charge in [0.05, 0.1) is 0 Å². The summed E-state index contributed by atoms with van der Waals surface area (Å²) < 4.78 is 0. The molecular weight excluding hydrogens is 252 g/mol. The molecule has 0 N–H and O–H groups in total. The average Bonchev–Trinajstić information content (AvgIpc) is 2.37. The zero-order valence-electron chi connectivity index (χ0n) is 11.8. The fourth-order valence-corrected chi connectivity index (χ4v) is 3.10. The third-order valence-electron chi connectivity index (χ3n) is 3.26. The topological polar surface area (TPSA) is 17.1 Å². The molecule has 98 valence electrons.